The zero-order valence-electron chi connectivity index (χ0n) is 14.9. The molecule has 1 amide bonds. The van der Waals surface area contributed by atoms with Crippen LogP contribution in [0.15, 0.2) is 12.3 Å². The van der Waals surface area contributed by atoms with Crippen molar-refractivity contribution in [2.75, 3.05) is 18.4 Å². The molecule has 2 aliphatic rings. The number of carbonyl (C=O) groups excluding carboxylic acids is 1. The first kappa shape index (κ1) is 19.3. The second-order valence-electron chi connectivity index (χ2n) is 6.94. The summed E-state index contributed by atoms with van der Waals surface area (Å²) in [6.45, 7) is 1.99. The third-order valence-corrected chi connectivity index (χ3v) is 6.12. The summed E-state index contributed by atoms with van der Waals surface area (Å²) in [4.78, 5) is 18.5. The Morgan fingerprint density at radius 1 is 1.23 bits per heavy atom. The predicted octanol–water partition coefficient (Wildman–Crippen LogP) is 3.60. The molecular formula is C18H26ClN5OS. The monoisotopic (exact) mass is 395 g/mol. The van der Waals surface area contributed by atoms with E-state index in [4.69, 9.17) is 0 Å². The molecule has 0 spiro atoms. The molecule has 2 N–H and O–H groups in total. The van der Waals surface area contributed by atoms with Gasteiger partial charge in [-0.3, -0.25) is 14.8 Å². The topological polar surface area (TPSA) is 71.8 Å². The first-order valence-electron chi connectivity index (χ1n) is 9.35. The number of hydrogen-bond donors (Lipinski definition) is 2. The Labute approximate surface area is 164 Å². The number of aryl methyl sites for hydroxylation is 2. The van der Waals surface area contributed by atoms with E-state index < -0.39 is 0 Å². The summed E-state index contributed by atoms with van der Waals surface area (Å²) in [5.74, 6) is -0.163. The first-order valence-corrected chi connectivity index (χ1v) is 10.2. The normalized spacial score (nSPS) is 20.4. The Bertz CT molecular complexity index is 712. The lowest BCUT2D eigenvalue weighted by Crippen LogP contribution is -2.32. The van der Waals surface area contributed by atoms with Crippen molar-refractivity contribution >= 4 is 34.8 Å². The highest BCUT2D eigenvalue weighted by Gasteiger charge is 2.19. The molecule has 0 radical (unpaired) electrons. The Morgan fingerprint density at radius 3 is 2.88 bits per heavy atom. The van der Waals surface area contributed by atoms with E-state index in [2.05, 4.69) is 20.7 Å². The van der Waals surface area contributed by atoms with Gasteiger partial charge in [0, 0.05) is 17.6 Å². The SMILES string of the molecule is Cl.O=C(Nc1nc2c(s1)CCCCCC2)c1ccn(C2CCCNC2)n1. The van der Waals surface area contributed by atoms with E-state index in [1.165, 1.54) is 36.3 Å². The van der Waals surface area contributed by atoms with Crippen LogP contribution in [0.25, 0.3) is 0 Å². The number of hydrogen-bond acceptors (Lipinski definition) is 5. The molecule has 1 aliphatic heterocycles. The van der Waals surface area contributed by atoms with Gasteiger partial charge in [-0.25, -0.2) is 4.98 Å². The fourth-order valence-corrected chi connectivity index (χ4v) is 4.69. The van der Waals surface area contributed by atoms with E-state index >= 15 is 0 Å². The molecule has 1 atom stereocenters. The van der Waals surface area contributed by atoms with Crippen molar-refractivity contribution in [3.8, 4) is 0 Å². The quantitative estimate of drug-likeness (QED) is 0.832. The fraction of sp³-hybridized carbons (Fsp3) is 0.611. The van der Waals surface area contributed by atoms with Crippen molar-refractivity contribution in [3.63, 3.8) is 0 Å². The maximum Gasteiger partial charge on any atom is 0.277 e. The summed E-state index contributed by atoms with van der Waals surface area (Å²) < 4.78 is 1.92. The summed E-state index contributed by atoms with van der Waals surface area (Å²) in [5, 5.41) is 11.5. The standard InChI is InChI=1S/C18H25N5OS.ClH/c24-17(15-9-11-23(22-15)13-6-5-10-19-12-13)21-18-20-14-7-3-1-2-4-8-16(14)25-18;/h9,11,13,19H,1-8,10,12H2,(H,20,21,24);1H. The van der Waals surface area contributed by atoms with Crippen LogP contribution in [-0.2, 0) is 12.8 Å². The van der Waals surface area contributed by atoms with Crippen LogP contribution in [0.1, 0.15) is 65.6 Å². The predicted molar refractivity (Wildman–Crippen MR) is 107 cm³/mol. The number of nitrogens with one attached hydrogen (secondary N) is 2. The van der Waals surface area contributed by atoms with Crippen LogP contribution < -0.4 is 10.6 Å². The van der Waals surface area contributed by atoms with Crippen LogP contribution in [0.3, 0.4) is 0 Å². The molecule has 2 aromatic rings. The van der Waals surface area contributed by atoms with Gasteiger partial charge in [0.05, 0.1) is 11.7 Å². The fourth-order valence-electron chi connectivity index (χ4n) is 3.64. The van der Waals surface area contributed by atoms with Gasteiger partial charge in [-0.1, -0.05) is 12.8 Å². The van der Waals surface area contributed by atoms with E-state index in [1.807, 2.05) is 10.9 Å². The van der Waals surface area contributed by atoms with Crippen molar-refractivity contribution < 1.29 is 4.79 Å². The second kappa shape index (κ2) is 8.97. The summed E-state index contributed by atoms with van der Waals surface area (Å²) in [6, 6.07) is 2.14. The number of piperidine rings is 1. The molecule has 2 aromatic heterocycles. The third kappa shape index (κ3) is 4.45. The van der Waals surface area contributed by atoms with Crippen LogP contribution in [0.2, 0.25) is 0 Å². The van der Waals surface area contributed by atoms with Gasteiger partial charge in [0.2, 0.25) is 0 Å². The van der Waals surface area contributed by atoms with Crippen molar-refractivity contribution in [1.82, 2.24) is 20.1 Å². The molecule has 6 nitrogen and oxygen atoms in total. The number of rotatable bonds is 3. The highest BCUT2D eigenvalue weighted by atomic mass is 35.5. The second-order valence-corrected chi connectivity index (χ2v) is 8.02. The number of carbonyl (C=O) groups is 1. The van der Waals surface area contributed by atoms with Crippen LogP contribution in [0, 0.1) is 0 Å². The van der Waals surface area contributed by atoms with E-state index in [0.29, 0.717) is 16.9 Å². The number of nitrogens with zero attached hydrogens (tertiary/aromatic N) is 3. The molecule has 142 valence electrons. The van der Waals surface area contributed by atoms with Crippen LogP contribution >= 0.6 is 23.7 Å². The molecule has 4 rings (SSSR count). The molecular weight excluding hydrogens is 370 g/mol. The minimum absolute atomic E-state index is 0. The minimum Gasteiger partial charge on any atom is -0.315 e. The van der Waals surface area contributed by atoms with Crippen LogP contribution in [0.4, 0.5) is 5.13 Å². The maximum atomic E-state index is 12.5. The minimum atomic E-state index is -0.163. The zero-order valence-corrected chi connectivity index (χ0v) is 16.5. The lowest BCUT2D eigenvalue weighted by Gasteiger charge is -2.22. The number of anilines is 1. The van der Waals surface area contributed by atoms with Gasteiger partial charge in [0.25, 0.3) is 5.91 Å². The molecule has 1 aliphatic carbocycles. The molecule has 8 heteroatoms. The van der Waals surface area contributed by atoms with Crippen LogP contribution in [0.5, 0.6) is 0 Å². The van der Waals surface area contributed by atoms with Crippen molar-refractivity contribution in [3.05, 3.63) is 28.5 Å². The highest BCUT2D eigenvalue weighted by molar-refractivity contribution is 7.15. The number of halogens is 1. The first-order chi connectivity index (χ1) is 12.3. The lowest BCUT2D eigenvalue weighted by atomic mass is 10.0. The number of fused-ring (bicyclic) bond motifs is 1. The Kier molecular flexibility index (Phi) is 6.67. The van der Waals surface area contributed by atoms with Gasteiger partial charge in [0.15, 0.2) is 10.8 Å². The van der Waals surface area contributed by atoms with Crippen LogP contribution in [-0.4, -0.2) is 33.8 Å². The molecule has 1 unspecified atom stereocenters. The lowest BCUT2D eigenvalue weighted by molar-refractivity contribution is 0.102. The molecule has 0 bridgehead atoms. The van der Waals surface area contributed by atoms with E-state index in [-0.39, 0.29) is 18.3 Å². The summed E-state index contributed by atoms with van der Waals surface area (Å²) in [7, 11) is 0. The largest absolute Gasteiger partial charge is 0.315 e. The highest BCUT2D eigenvalue weighted by Crippen LogP contribution is 2.28. The van der Waals surface area contributed by atoms with Gasteiger partial charge in [-0.05, 0) is 51.1 Å². The van der Waals surface area contributed by atoms with E-state index in [0.717, 1.165) is 38.8 Å². The van der Waals surface area contributed by atoms with Crippen molar-refractivity contribution in [1.29, 1.82) is 0 Å². The van der Waals surface area contributed by atoms with Gasteiger partial charge >= 0.3 is 0 Å². The Morgan fingerprint density at radius 2 is 2.08 bits per heavy atom. The number of thiazole rings is 1. The average Bonchev–Trinajstić information content (AvgIpc) is 3.23. The van der Waals surface area contributed by atoms with Crippen molar-refractivity contribution in [2.45, 2.75) is 57.4 Å². The molecule has 0 saturated carbocycles. The van der Waals surface area contributed by atoms with Crippen molar-refractivity contribution in [2.24, 2.45) is 0 Å². The zero-order chi connectivity index (χ0) is 17.1. The molecule has 0 aromatic carbocycles. The summed E-state index contributed by atoms with van der Waals surface area (Å²) in [5.41, 5.74) is 1.65. The smallest absolute Gasteiger partial charge is 0.277 e. The van der Waals surface area contributed by atoms with Gasteiger partial charge < -0.3 is 5.32 Å². The van der Waals surface area contributed by atoms with Gasteiger partial charge in [-0.15, -0.1) is 23.7 Å². The molecule has 26 heavy (non-hydrogen) atoms. The van der Waals surface area contributed by atoms with E-state index in [1.54, 1.807) is 17.4 Å². The maximum absolute atomic E-state index is 12.5. The average molecular weight is 396 g/mol. The molecule has 3 heterocycles. The van der Waals surface area contributed by atoms with Gasteiger partial charge in [0.1, 0.15) is 0 Å². The molecule has 1 saturated heterocycles. The third-order valence-electron chi connectivity index (χ3n) is 5.05. The van der Waals surface area contributed by atoms with Gasteiger partial charge in [-0.2, -0.15) is 5.10 Å². The summed E-state index contributed by atoms with van der Waals surface area (Å²) >= 11 is 1.63. The number of amides is 1. The number of aromatic nitrogens is 3. The Hall–Kier alpha value is -1.44. The summed E-state index contributed by atoms with van der Waals surface area (Å²) in [6.07, 6.45) is 11.3. The Balaban J connectivity index is 0.00000196. The molecule has 1 fully saturated rings. The van der Waals surface area contributed by atoms with E-state index in [9.17, 15) is 4.79 Å².